The quantitative estimate of drug-likeness (QED) is 0.753. The van der Waals surface area contributed by atoms with Crippen LogP contribution in [0.15, 0.2) is 36.4 Å². The molecule has 7 heteroatoms. The van der Waals surface area contributed by atoms with Crippen molar-refractivity contribution in [1.82, 2.24) is 10.6 Å². The van der Waals surface area contributed by atoms with E-state index in [9.17, 15) is 4.79 Å². The predicted octanol–water partition coefficient (Wildman–Crippen LogP) is 3.53. The van der Waals surface area contributed by atoms with Gasteiger partial charge >= 0.3 is 0 Å². The number of nitrogens with one attached hydrogen (secondary N) is 2. The molecule has 1 heterocycles. The van der Waals surface area contributed by atoms with Gasteiger partial charge in [0.1, 0.15) is 6.61 Å². The summed E-state index contributed by atoms with van der Waals surface area (Å²) in [5.41, 5.74) is 1.35. The summed E-state index contributed by atoms with van der Waals surface area (Å²) in [5.74, 6) is 1.42. The summed E-state index contributed by atoms with van der Waals surface area (Å²) in [5, 5.41) is 7.23. The zero-order valence-corrected chi connectivity index (χ0v) is 15.9. The van der Waals surface area contributed by atoms with Crippen LogP contribution in [0.4, 0.5) is 0 Å². The molecule has 0 radical (unpaired) electrons. The number of halogens is 2. The van der Waals surface area contributed by atoms with Gasteiger partial charge in [0.15, 0.2) is 11.5 Å². The highest BCUT2D eigenvalue weighted by molar-refractivity contribution is 6.35. The van der Waals surface area contributed by atoms with Gasteiger partial charge in [0.25, 0.3) is 5.91 Å². The van der Waals surface area contributed by atoms with Crippen LogP contribution >= 0.6 is 23.2 Å². The number of ether oxygens (including phenoxy) is 2. The van der Waals surface area contributed by atoms with E-state index in [-0.39, 0.29) is 12.5 Å². The molecule has 5 nitrogen and oxygen atoms in total. The summed E-state index contributed by atoms with van der Waals surface area (Å²) in [6.45, 7) is 2.83. The van der Waals surface area contributed by atoms with Gasteiger partial charge in [0.2, 0.25) is 0 Å². The zero-order valence-electron chi connectivity index (χ0n) is 14.4. The molecule has 0 aromatic heterocycles. The van der Waals surface area contributed by atoms with Crippen LogP contribution in [-0.2, 0) is 6.61 Å². The highest BCUT2D eigenvalue weighted by Gasteiger charge is 2.18. The number of hydrogen-bond acceptors (Lipinski definition) is 4. The van der Waals surface area contributed by atoms with Crippen LogP contribution in [0.2, 0.25) is 10.0 Å². The third-order valence-electron chi connectivity index (χ3n) is 4.24. The van der Waals surface area contributed by atoms with Gasteiger partial charge in [0, 0.05) is 46.7 Å². The third-order valence-corrected chi connectivity index (χ3v) is 4.83. The van der Waals surface area contributed by atoms with E-state index in [4.69, 9.17) is 32.7 Å². The van der Waals surface area contributed by atoms with E-state index >= 15 is 0 Å². The van der Waals surface area contributed by atoms with Crippen LogP contribution in [0, 0.1) is 5.92 Å². The minimum absolute atomic E-state index is 0.123. The van der Waals surface area contributed by atoms with E-state index in [2.05, 4.69) is 10.6 Å². The van der Waals surface area contributed by atoms with Gasteiger partial charge in [-0.25, -0.2) is 0 Å². The smallest absolute Gasteiger partial charge is 0.251 e. The zero-order chi connectivity index (χ0) is 18.5. The summed E-state index contributed by atoms with van der Waals surface area (Å²) in [6, 6.07) is 10.4. The molecule has 2 aromatic carbocycles. The van der Waals surface area contributed by atoms with Gasteiger partial charge in [-0.05, 0) is 30.3 Å². The van der Waals surface area contributed by atoms with Crippen LogP contribution in [0.3, 0.4) is 0 Å². The van der Waals surface area contributed by atoms with Gasteiger partial charge in [-0.15, -0.1) is 0 Å². The molecule has 26 heavy (non-hydrogen) atoms. The molecule has 1 aliphatic heterocycles. The third kappa shape index (κ3) is 4.61. The van der Waals surface area contributed by atoms with Crippen LogP contribution in [-0.4, -0.2) is 32.7 Å². The van der Waals surface area contributed by atoms with Crippen molar-refractivity contribution >= 4 is 29.1 Å². The Morgan fingerprint density at radius 1 is 1.19 bits per heavy atom. The molecule has 0 atom stereocenters. The number of methoxy groups -OCH3 is 1. The molecule has 1 saturated heterocycles. The molecule has 0 bridgehead atoms. The van der Waals surface area contributed by atoms with E-state index in [1.165, 1.54) is 0 Å². The van der Waals surface area contributed by atoms with Gasteiger partial charge in [-0.3, -0.25) is 4.79 Å². The van der Waals surface area contributed by atoms with Crippen molar-refractivity contribution in [3.8, 4) is 11.5 Å². The second kappa shape index (κ2) is 8.62. The molecule has 1 aliphatic rings. The lowest BCUT2D eigenvalue weighted by Gasteiger charge is -2.27. The van der Waals surface area contributed by atoms with E-state index in [1.807, 2.05) is 6.07 Å². The fourth-order valence-corrected chi connectivity index (χ4v) is 3.02. The molecule has 1 fully saturated rings. The first-order valence-electron chi connectivity index (χ1n) is 8.30. The first-order valence-corrected chi connectivity index (χ1v) is 9.06. The normalized spacial score (nSPS) is 13.8. The minimum Gasteiger partial charge on any atom is -0.493 e. The highest BCUT2D eigenvalue weighted by atomic mass is 35.5. The van der Waals surface area contributed by atoms with Crippen LogP contribution < -0.4 is 20.1 Å². The van der Waals surface area contributed by atoms with Crippen LogP contribution in [0.25, 0.3) is 0 Å². The molecule has 0 unspecified atom stereocenters. The first kappa shape index (κ1) is 18.8. The summed E-state index contributed by atoms with van der Waals surface area (Å²) in [7, 11) is 1.54. The van der Waals surface area contributed by atoms with E-state index in [0.717, 1.165) is 18.7 Å². The molecule has 2 N–H and O–H groups in total. The second-order valence-corrected chi connectivity index (χ2v) is 6.97. The molecular formula is C19H20Cl2N2O3. The van der Waals surface area contributed by atoms with E-state index in [1.54, 1.807) is 37.4 Å². The maximum atomic E-state index is 12.3. The topological polar surface area (TPSA) is 59.6 Å². The molecule has 0 aliphatic carbocycles. The monoisotopic (exact) mass is 394 g/mol. The fraction of sp³-hybridized carbons (Fsp3) is 0.316. The lowest BCUT2D eigenvalue weighted by molar-refractivity contribution is 0.0942. The Morgan fingerprint density at radius 2 is 2.00 bits per heavy atom. The van der Waals surface area contributed by atoms with E-state index in [0.29, 0.717) is 39.6 Å². The number of carbonyl (C=O) groups is 1. The predicted molar refractivity (Wildman–Crippen MR) is 102 cm³/mol. The van der Waals surface area contributed by atoms with Gasteiger partial charge < -0.3 is 20.1 Å². The Labute approximate surface area is 162 Å². The van der Waals surface area contributed by atoms with Gasteiger partial charge in [-0.2, -0.15) is 0 Å². The lowest BCUT2D eigenvalue weighted by Crippen LogP contribution is -2.48. The Kier molecular flexibility index (Phi) is 6.25. The summed E-state index contributed by atoms with van der Waals surface area (Å²) in [6.07, 6.45) is 0. The number of carbonyl (C=O) groups excluding carboxylic acids is 1. The minimum atomic E-state index is -0.123. The van der Waals surface area contributed by atoms with Gasteiger partial charge in [-0.1, -0.05) is 29.3 Å². The van der Waals surface area contributed by atoms with Crippen molar-refractivity contribution in [3.63, 3.8) is 0 Å². The fourth-order valence-electron chi connectivity index (χ4n) is 2.55. The van der Waals surface area contributed by atoms with Crippen LogP contribution in [0.5, 0.6) is 11.5 Å². The van der Waals surface area contributed by atoms with Crippen LogP contribution in [0.1, 0.15) is 15.9 Å². The summed E-state index contributed by atoms with van der Waals surface area (Å²) < 4.78 is 11.2. The first-order chi connectivity index (χ1) is 12.6. The standard InChI is InChI=1S/C19H20Cl2N2O3/c1-25-18-6-13(19(24)23-10-12-8-22-9-12)3-5-17(18)26-11-14-2-4-15(20)7-16(14)21/h2-7,12,22H,8-11H2,1H3,(H,23,24). The average molecular weight is 395 g/mol. The van der Waals surface area contributed by atoms with Crippen molar-refractivity contribution in [2.24, 2.45) is 5.92 Å². The Balaban J connectivity index is 1.64. The SMILES string of the molecule is COc1cc(C(=O)NCC2CNC2)ccc1OCc1ccc(Cl)cc1Cl. The maximum absolute atomic E-state index is 12.3. The van der Waals surface area contributed by atoms with Crippen molar-refractivity contribution in [1.29, 1.82) is 0 Å². The second-order valence-electron chi connectivity index (χ2n) is 6.12. The lowest BCUT2D eigenvalue weighted by atomic mass is 10.0. The largest absolute Gasteiger partial charge is 0.493 e. The Bertz CT molecular complexity index is 794. The molecule has 1 amide bonds. The highest BCUT2D eigenvalue weighted by Crippen LogP contribution is 2.30. The summed E-state index contributed by atoms with van der Waals surface area (Å²) >= 11 is 12.1. The molecule has 0 spiro atoms. The molecule has 0 saturated carbocycles. The van der Waals surface area contributed by atoms with Crippen molar-refractivity contribution in [2.75, 3.05) is 26.7 Å². The number of amides is 1. The van der Waals surface area contributed by atoms with Crippen molar-refractivity contribution in [2.45, 2.75) is 6.61 Å². The maximum Gasteiger partial charge on any atom is 0.251 e. The van der Waals surface area contributed by atoms with E-state index < -0.39 is 0 Å². The number of rotatable bonds is 7. The number of benzene rings is 2. The molecule has 138 valence electrons. The summed E-state index contributed by atoms with van der Waals surface area (Å²) in [4.78, 5) is 12.3. The molecule has 3 rings (SSSR count). The van der Waals surface area contributed by atoms with Gasteiger partial charge in [0.05, 0.1) is 7.11 Å². The Hall–Kier alpha value is -1.95. The number of hydrogen-bond donors (Lipinski definition) is 2. The average Bonchev–Trinajstić information content (AvgIpc) is 2.59. The molecule has 2 aromatic rings. The van der Waals surface area contributed by atoms with Crippen molar-refractivity contribution < 1.29 is 14.3 Å². The molecular weight excluding hydrogens is 375 g/mol. The van der Waals surface area contributed by atoms with Crippen molar-refractivity contribution in [3.05, 3.63) is 57.6 Å². The Morgan fingerprint density at radius 3 is 2.65 bits per heavy atom.